The lowest BCUT2D eigenvalue weighted by atomic mass is 9.87. The first-order valence-corrected chi connectivity index (χ1v) is 10.9. The predicted octanol–water partition coefficient (Wildman–Crippen LogP) is 1.08. The maximum atomic E-state index is 10.5. The summed E-state index contributed by atoms with van der Waals surface area (Å²) in [6, 6.07) is 13.8. The number of β-amino-alcohol motifs (C(OH)–C–C–N with tert-alkyl or cyclic N) is 1. The second-order valence-corrected chi connectivity index (χ2v) is 8.36. The van der Waals surface area contributed by atoms with Crippen LogP contribution in [0.1, 0.15) is 11.1 Å². The smallest absolute Gasteiger partial charge is 0.142 e. The lowest BCUT2D eigenvalue weighted by Crippen LogP contribution is -2.49. The van der Waals surface area contributed by atoms with E-state index >= 15 is 0 Å². The summed E-state index contributed by atoms with van der Waals surface area (Å²) in [4.78, 5) is 4.56. The molecule has 0 saturated carbocycles. The minimum absolute atomic E-state index is 0.196. The van der Waals surface area contributed by atoms with Crippen molar-refractivity contribution in [2.45, 2.75) is 31.2 Å². The van der Waals surface area contributed by atoms with Gasteiger partial charge in [0.2, 0.25) is 0 Å². The highest BCUT2D eigenvalue weighted by molar-refractivity contribution is 5.58. The van der Waals surface area contributed by atoms with Crippen LogP contribution < -0.4 is 14.4 Å². The topological polar surface area (TPSA) is 85.6 Å². The van der Waals surface area contributed by atoms with E-state index in [0.717, 1.165) is 48.7 Å². The zero-order valence-electron chi connectivity index (χ0n) is 18.0. The van der Waals surface area contributed by atoms with Gasteiger partial charge < -0.3 is 29.7 Å². The fraction of sp³-hybridized carbons (Fsp3) is 0.500. The van der Waals surface area contributed by atoms with Crippen LogP contribution in [0.2, 0.25) is 0 Å². The zero-order valence-corrected chi connectivity index (χ0v) is 18.0. The van der Waals surface area contributed by atoms with Crippen LogP contribution in [0, 0.1) is 0 Å². The number of anilines is 1. The highest BCUT2D eigenvalue weighted by atomic mass is 16.5. The van der Waals surface area contributed by atoms with E-state index in [0.29, 0.717) is 25.1 Å². The van der Waals surface area contributed by atoms with Crippen LogP contribution in [0.4, 0.5) is 5.69 Å². The molecule has 0 amide bonds. The molecule has 1 fully saturated rings. The van der Waals surface area contributed by atoms with Gasteiger partial charge in [0.15, 0.2) is 0 Å². The van der Waals surface area contributed by atoms with Crippen LogP contribution in [0.15, 0.2) is 42.5 Å². The summed E-state index contributed by atoms with van der Waals surface area (Å²) in [5.41, 5.74) is 3.03. The van der Waals surface area contributed by atoms with Crippen LogP contribution in [-0.2, 0) is 12.8 Å². The van der Waals surface area contributed by atoms with Crippen molar-refractivity contribution in [1.82, 2.24) is 4.90 Å². The minimum atomic E-state index is -0.776. The molecule has 0 bridgehead atoms. The molecule has 3 atom stereocenters. The van der Waals surface area contributed by atoms with Gasteiger partial charge in [-0.15, -0.1) is 0 Å². The van der Waals surface area contributed by atoms with E-state index in [2.05, 4.69) is 15.9 Å². The van der Waals surface area contributed by atoms with Gasteiger partial charge >= 0.3 is 0 Å². The molecule has 1 unspecified atom stereocenters. The van der Waals surface area contributed by atoms with Gasteiger partial charge in [0.1, 0.15) is 24.2 Å². The molecule has 0 aromatic heterocycles. The van der Waals surface area contributed by atoms with E-state index in [1.54, 1.807) is 7.11 Å². The molecule has 3 N–H and O–H groups in total. The van der Waals surface area contributed by atoms with Crippen molar-refractivity contribution >= 4 is 5.69 Å². The van der Waals surface area contributed by atoms with Crippen LogP contribution in [0.25, 0.3) is 0 Å². The summed E-state index contributed by atoms with van der Waals surface area (Å²) in [6.45, 7) is 4.22. The van der Waals surface area contributed by atoms with Crippen LogP contribution in [0.3, 0.4) is 0 Å². The fourth-order valence-corrected chi connectivity index (χ4v) is 4.47. The highest BCUT2D eigenvalue weighted by Crippen LogP contribution is 2.30. The largest absolute Gasteiger partial charge is 0.495 e. The van der Waals surface area contributed by atoms with Gasteiger partial charge in [0, 0.05) is 51.1 Å². The summed E-state index contributed by atoms with van der Waals surface area (Å²) < 4.78 is 11.4. The average Bonchev–Trinajstić information content (AvgIpc) is 2.79. The molecule has 0 radical (unpaired) electrons. The first-order valence-electron chi connectivity index (χ1n) is 10.9. The number of aliphatic hydroxyl groups excluding tert-OH is 3. The molecule has 1 aliphatic heterocycles. The molecular formula is C24H32N2O5. The van der Waals surface area contributed by atoms with Gasteiger partial charge in [0.25, 0.3) is 0 Å². The van der Waals surface area contributed by atoms with E-state index in [1.807, 2.05) is 36.4 Å². The van der Waals surface area contributed by atoms with E-state index in [9.17, 15) is 15.3 Å². The number of methoxy groups -OCH3 is 1. The molecule has 7 nitrogen and oxygen atoms in total. The first kappa shape index (κ1) is 21.9. The van der Waals surface area contributed by atoms with Crippen molar-refractivity contribution in [3.63, 3.8) is 0 Å². The van der Waals surface area contributed by atoms with E-state index < -0.39 is 18.3 Å². The quantitative estimate of drug-likeness (QED) is 0.608. The molecule has 31 heavy (non-hydrogen) atoms. The molecule has 1 saturated heterocycles. The van der Waals surface area contributed by atoms with Gasteiger partial charge in [-0.3, -0.25) is 4.90 Å². The Morgan fingerprint density at radius 1 is 0.935 bits per heavy atom. The number of aliphatic hydroxyl groups is 3. The lowest BCUT2D eigenvalue weighted by Gasteiger charge is -2.37. The summed E-state index contributed by atoms with van der Waals surface area (Å²) >= 11 is 0. The number of nitrogens with zero attached hydrogens (tertiary/aromatic N) is 2. The average molecular weight is 429 g/mol. The monoisotopic (exact) mass is 428 g/mol. The maximum Gasteiger partial charge on any atom is 0.142 e. The number of para-hydroxylation sites is 2. The molecular weight excluding hydrogens is 396 g/mol. The molecule has 2 aromatic carbocycles. The Bertz CT molecular complexity index is 869. The number of hydrogen-bond donors (Lipinski definition) is 3. The van der Waals surface area contributed by atoms with Crippen molar-refractivity contribution in [2.75, 3.05) is 51.3 Å². The Morgan fingerprint density at radius 3 is 2.42 bits per heavy atom. The number of piperazine rings is 1. The van der Waals surface area contributed by atoms with E-state index in [4.69, 9.17) is 9.47 Å². The van der Waals surface area contributed by atoms with Crippen molar-refractivity contribution in [2.24, 2.45) is 0 Å². The molecule has 0 spiro atoms. The van der Waals surface area contributed by atoms with E-state index in [-0.39, 0.29) is 6.61 Å². The molecule has 1 aliphatic carbocycles. The summed E-state index contributed by atoms with van der Waals surface area (Å²) in [7, 11) is 1.69. The number of fused-ring (bicyclic) bond motifs is 1. The van der Waals surface area contributed by atoms with Crippen molar-refractivity contribution < 1.29 is 24.8 Å². The third kappa shape index (κ3) is 5.13. The summed E-state index contributed by atoms with van der Waals surface area (Å²) in [5, 5.41) is 30.4. The Balaban J connectivity index is 1.27. The Kier molecular flexibility index (Phi) is 6.97. The second-order valence-electron chi connectivity index (χ2n) is 8.36. The van der Waals surface area contributed by atoms with E-state index in [1.165, 1.54) is 0 Å². The van der Waals surface area contributed by atoms with Crippen LogP contribution in [-0.4, -0.2) is 85.0 Å². The second kappa shape index (κ2) is 9.87. The highest BCUT2D eigenvalue weighted by Gasteiger charge is 2.27. The van der Waals surface area contributed by atoms with Gasteiger partial charge in [-0.25, -0.2) is 0 Å². The third-order valence-electron chi connectivity index (χ3n) is 6.21. The minimum Gasteiger partial charge on any atom is -0.495 e. The van der Waals surface area contributed by atoms with Gasteiger partial charge in [0.05, 0.1) is 25.0 Å². The number of benzene rings is 2. The fourth-order valence-electron chi connectivity index (χ4n) is 4.47. The molecule has 7 heteroatoms. The molecule has 2 aromatic rings. The molecule has 168 valence electrons. The molecule has 1 heterocycles. The summed E-state index contributed by atoms with van der Waals surface area (Å²) in [5.74, 6) is 1.57. The Morgan fingerprint density at radius 2 is 1.65 bits per heavy atom. The van der Waals surface area contributed by atoms with Crippen LogP contribution >= 0.6 is 0 Å². The maximum absolute atomic E-state index is 10.5. The van der Waals surface area contributed by atoms with Crippen molar-refractivity contribution in [3.8, 4) is 11.5 Å². The van der Waals surface area contributed by atoms with Gasteiger partial charge in [-0.2, -0.15) is 0 Å². The standard InChI is InChI=1S/C24H32N2O5/c1-30-24-7-3-2-6-20(24)26-11-9-25(10-12-26)15-18(27)16-31-23-8-4-5-17-13-21(28)22(29)14-19(17)23/h2-8,18,21-22,27-29H,9-16H2,1H3/t18?,21-,22+/m1/s1. The number of ether oxygens (including phenoxy) is 2. The predicted molar refractivity (Wildman–Crippen MR) is 119 cm³/mol. The first-order chi connectivity index (χ1) is 15.0. The Hall–Kier alpha value is -2.32. The normalized spacial score (nSPS) is 22.6. The third-order valence-corrected chi connectivity index (χ3v) is 6.21. The number of hydrogen-bond acceptors (Lipinski definition) is 7. The zero-order chi connectivity index (χ0) is 21.8. The SMILES string of the molecule is COc1ccccc1N1CCN(CC(O)COc2cccc3c2C[C@H](O)[C@H](O)C3)CC1. The summed E-state index contributed by atoms with van der Waals surface area (Å²) in [6.07, 6.45) is -1.32. The molecule has 2 aliphatic rings. The Labute approximate surface area is 183 Å². The van der Waals surface area contributed by atoms with Gasteiger partial charge in [-0.1, -0.05) is 24.3 Å². The lowest BCUT2D eigenvalue weighted by molar-refractivity contribution is 0.0130. The van der Waals surface area contributed by atoms with Crippen molar-refractivity contribution in [3.05, 3.63) is 53.6 Å². The van der Waals surface area contributed by atoms with Crippen molar-refractivity contribution in [1.29, 1.82) is 0 Å². The van der Waals surface area contributed by atoms with Crippen LogP contribution in [0.5, 0.6) is 11.5 Å². The molecule has 4 rings (SSSR count). The van der Waals surface area contributed by atoms with Gasteiger partial charge in [-0.05, 0) is 23.8 Å². The number of rotatable bonds is 7.